The fourth-order valence-corrected chi connectivity index (χ4v) is 3.59. The number of aromatic nitrogens is 2. The van der Waals surface area contributed by atoms with E-state index in [0.29, 0.717) is 22.4 Å². The van der Waals surface area contributed by atoms with Crippen LogP contribution >= 0.6 is 0 Å². The zero-order chi connectivity index (χ0) is 24.0. The van der Waals surface area contributed by atoms with Crippen LogP contribution in [0.5, 0.6) is 0 Å². The van der Waals surface area contributed by atoms with E-state index in [4.69, 9.17) is 0 Å². The van der Waals surface area contributed by atoms with Gasteiger partial charge in [-0.3, -0.25) is 0 Å². The van der Waals surface area contributed by atoms with E-state index in [2.05, 4.69) is 4.98 Å². The molecule has 0 radical (unpaired) electrons. The first kappa shape index (κ1) is 22.4. The SMILES string of the molecule is Cc1cc(F)ccc1-c1c(-c2ccc(F)cc2)nc(-c2c(F)c(F)c(F)c(F)c2F)c[n+]1C. The van der Waals surface area contributed by atoms with Crippen molar-refractivity contribution in [3.63, 3.8) is 0 Å². The molecule has 0 N–H and O–H groups in total. The third-order valence-corrected chi connectivity index (χ3v) is 5.15. The highest BCUT2D eigenvalue weighted by molar-refractivity contribution is 5.79. The maximum atomic E-state index is 14.5. The number of benzene rings is 3. The molecule has 0 aliphatic carbocycles. The molecule has 2 nitrogen and oxygen atoms in total. The summed E-state index contributed by atoms with van der Waals surface area (Å²) < 4.78 is 98.7. The lowest BCUT2D eigenvalue weighted by Gasteiger charge is -2.13. The molecule has 168 valence electrons. The van der Waals surface area contributed by atoms with Crippen LogP contribution in [0.2, 0.25) is 0 Å². The number of hydrogen-bond donors (Lipinski definition) is 0. The molecular formula is C24H14F7N2+. The van der Waals surface area contributed by atoms with Gasteiger partial charge in [0.25, 0.3) is 0 Å². The first-order chi connectivity index (χ1) is 15.6. The predicted molar refractivity (Wildman–Crippen MR) is 106 cm³/mol. The number of rotatable bonds is 3. The van der Waals surface area contributed by atoms with Crippen molar-refractivity contribution >= 4 is 0 Å². The molecule has 0 aliphatic rings. The summed E-state index contributed by atoms with van der Waals surface area (Å²) >= 11 is 0. The van der Waals surface area contributed by atoms with Crippen LogP contribution in [-0.2, 0) is 7.05 Å². The summed E-state index contributed by atoms with van der Waals surface area (Å²) in [5.41, 5.74) is -0.0212. The van der Waals surface area contributed by atoms with Gasteiger partial charge < -0.3 is 0 Å². The Bertz CT molecular complexity index is 1370. The van der Waals surface area contributed by atoms with Crippen molar-refractivity contribution in [3.05, 3.63) is 94.9 Å². The molecule has 0 aliphatic heterocycles. The van der Waals surface area contributed by atoms with Crippen molar-refractivity contribution in [2.75, 3.05) is 0 Å². The van der Waals surface area contributed by atoms with Crippen molar-refractivity contribution in [3.8, 4) is 33.8 Å². The Morgan fingerprint density at radius 2 is 1.24 bits per heavy atom. The van der Waals surface area contributed by atoms with Crippen LogP contribution in [0.1, 0.15) is 5.56 Å². The average molecular weight is 463 g/mol. The summed E-state index contributed by atoms with van der Waals surface area (Å²) in [7, 11) is 1.47. The Morgan fingerprint density at radius 1 is 0.697 bits per heavy atom. The fourth-order valence-electron chi connectivity index (χ4n) is 3.59. The van der Waals surface area contributed by atoms with E-state index in [1.54, 1.807) is 6.92 Å². The van der Waals surface area contributed by atoms with Gasteiger partial charge in [0.1, 0.15) is 30.1 Å². The highest BCUT2D eigenvalue weighted by Gasteiger charge is 2.31. The van der Waals surface area contributed by atoms with Crippen LogP contribution in [0.25, 0.3) is 33.8 Å². The van der Waals surface area contributed by atoms with Crippen LogP contribution in [0.4, 0.5) is 30.7 Å². The van der Waals surface area contributed by atoms with Crippen LogP contribution in [-0.4, -0.2) is 4.98 Å². The molecule has 4 aromatic rings. The minimum absolute atomic E-state index is 0.0636. The lowest BCUT2D eigenvalue weighted by Crippen LogP contribution is -2.33. The Morgan fingerprint density at radius 3 is 1.82 bits per heavy atom. The molecule has 0 fully saturated rings. The molecule has 0 amide bonds. The normalized spacial score (nSPS) is 11.2. The number of hydrogen-bond acceptors (Lipinski definition) is 1. The van der Waals surface area contributed by atoms with Gasteiger partial charge in [0, 0.05) is 5.56 Å². The largest absolute Gasteiger partial charge is 0.239 e. The Balaban J connectivity index is 2.08. The third kappa shape index (κ3) is 3.83. The molecule has 1 aromatic heterocycles. The molecule has 0 atom stereocenters. The van der Waals surface area contributed by atoms with E-state index in [9.17, 15) is 30.7 Å². The van der Waals surface area contributed by atoms with Crippen molar-refractivity contribution < 1.29 is 35.3 Å². The van der Waals surface area contributed by atoms with Gasteiger partial charge >= 0.3 is 0 Å². The first-order valence-corrected chi connectivity index (χ1v) is 9.55. The van der Waals surface area contributed by atoms with E-state index >= 15 is 0 Å². The zero-order valence-corrected chi connectivity index (χ0v) is 17.2. The van der Waals surface area contributed by atoms with E-state index in [1.807, 2.05) is 0 Å². The van der Waals surface area contributed by atoms with Crippen molar-refractivity contribution in [1.29, 1.82) is 0 Å². The first-order valence-electron chi connectivity index (χ1n) is 9.55. The smallest absolute Gasteiger partial charge is 0.234 e. The van der Waals surface area contributed by atoms with E-state index in [-0.39, 0.29) is 5.69 Å². The van der Waals surface area contributed by atoms with Gasteiger partial charge in [0.15, 0.2) is 29.5 Å². The van der Waals surface area contributed by atoms with Gasteiger partial charge in [-0.25, -0.2) is 35.7 Å². The monoisotopic (exact) mass is 463 g/mol. The molecule has 33 heavy (non-hydrogen) atoms. The van der Waals surface area contributed by atoms with Crippen molar-refractivity contribution in [1.82, 2.24) is 4.98 Å². The minimum Gasteiger partial charge on any atom is -0.234 e. The van der Waals surface area contributed by atoms with Gasteiger partial charge in [-0.15, -0.1) is 0 Å². The summed E-state index contributed by atoms with van der Waals surface area (Å²) in [4.78, 5) is 4.20. The highest BCUT2D eigenvalue weighted by atomic mass is 19.2. The summed E-state index contributed by atoms with van der Waals surface area (Å²) in [5, 5.41) is 0. The Kier molecular flexibility index (Phi) is 5.65. The molecule has 0 unspecified atom stereocenters. The van der Waals surface area contributed by atoms with Crippen LogP contribution < -0.4 is 4.57 Å². The number of halogens is 7. The highest BCUT2D eigenvalue weighted by Crippen LogP contribution is 2.35. The second-order valence-electron chi connectivity index (χ2n) is 7.35. The average Bonchev–Trinajstić information content (AvgIpc) is 2.77. The molecule has 0 spiro atoms. The summed E-state index contributed by atoms with van der Waals surface area (Å²) in [6.45, 7) is 1.63. The summed E-state index contributed by atoms with van der Waals surface area (Å²) in [6.07, 6.45) is 1.10. The fraction of sp³-hybridized carbons (Fsp3) is 0.0833. The van der Waals surface area contributed by atoms with Gasteiger partial charge in [-0.1, -0.05) is 0 Å². The van der Waals surface area contributed by atoms with Gasteiger partial charge in [0.2, 0.25) is 11.5 Å². The molecule has 4 rings (SSSR count). The molecule has 0 saturated carbocycles. The zero-order valence-electron chi connectivity index (χ0n) is 17.2. The quantitative estimate of drug-likeness (QED) is 0.153. The standard InChI is InChI=1S/C24H14F7N2/c1-11-9-14(26)7-8-15(11)24-23(12-3-5-13(25)6-4-12)32-16(10-33(24)2)17-18(27)20(29)22(31)21(30)19(17)28/h3-10H,1-2H3/q+1. The van der Waals surface area contributed by atoms with E-state index < -0.39 is 52.0 Å². The van der Waals surface area contributed by atoms with Crippen molar-refractivity contribution in [2.45, 2.75) is 6.92 Å². The maximum absolute atomic E-state index is 14.5. The van der Waals surface area contributed by atoms with Gasteiger partial charge in [-0.2, -0.15) is 4.57 Å². The molecule has 0 saturated heterocycles. The number of nitrogens with zero attached hydrogens (tertiary/aromatic N) is 2. The molecular weight excluding hydrogens is 449 g/mol. The Hall–Kier alpha value is -3.75. The van der Waals surface area contributed by atoms with E-state index in [1.165, 1.54) is 41.9 Å². The minimum atomic E-state index is -2.28. The molecule has 1 heterocycles. The maximum Gasteiger partial charge on any atom is 0.239 e. The predicted octanol–water partition coefficient (Wildman–Crippen LogP) is 6.19. The van der Waals surface area contributed by atoms with Crippen LogP contribution in [0.15, 0.2) is 48.7 Å². The molecule has 0 bridgehead atoms. The Labute approximate surface area is 183 Å². The second kappa shape index (κ2) is 8.31. The topological polar surface area (TPSA) is 16.8 Å². The van der Waals surface area contributed by atoms with Gasteiger partial charge in [-0.05, 0) is 55.0 Å². The van der Waals surface area contributed by atoms with E-state index in [0.717, 1.165) is 18.3 Å². The molecule has 3 aromatic carbocycles. The lowest BCUT2D eigenvalue weighted by atomic mass is 9.99. The number of aryl methyl sites for hydroxylation is 2. The summed E-state index contributed by atoms with van der Waals surface area (Å²) in [5.74, 6) is -11.6. The van der Waals surface area contributed by atoms with Crippen LogP contribution in [0, 0.1) is 47.6 Å². The van der Waals surface area contributed by atoms with Gasteiger partial charge in [0.05, 0.1) is 11.1 Å². The second-order valence-corrected chi connectivity index (χ2v) is 7.35. The lowest BCUT2D eigenvalue weighted by molar-refractivity contribution is -0.659. The van der Waals surface area contributed by atoms with Crippen LogP contribution in [0.3, 0.4) is 0 Å². The molecule has 9 heteroatoms. The van der Waals surface area contributed by atoms with Crippen molar-refractivity contribution in [2.24, 2.45) is 7.05 Å². The summed E-state index contributed by atoms with van der Waals surface area (Å²) in [6, 6.07) is 8.89. The third-order valence-electron chi connectivity index (χ3n) is 5.15.